The van der Waals surface area contributed by atoms with Crippen LogP contribution >= 0.6 is 11.6 Å². The number of hydrogen-bond acceptors (Lipinski definition) is 8. The topological polar surface area (TPSA) is 162 Å². The molecule has 13 nitrogen and oxygen atoms in total. The van der Waals surface area contributed by atoms with Crippen LogP contribution < -0.4 is 10.1 Å². The average Bonchev–Trinajstić information content (AvgIpc) is 3.43. The molecular weight excluding hydrogens is 526 g/mol. The number of benzene rings is 1. The Hall–Kier alpha value is -4.70. The monoisotopic (exact) mass is 549 g/mol. The predicted molar refractivity (Wildman–Crippen MR) is 141 cm³/mol. The number of halogens is 1. The van der Waals surface area contributed by atoms with Crippen molar-refractivity contribution >= 4 is 51.6 Å². The zero-order valence-corrected chi connectivity index (χ0v) is 22.1. The van der Waals surface area contributed by atoms with Gasteiger partial charge in [-0.25, -0.2) is 14.8 Å². The van der Waals surface area contributed by atoms with E-state index in [4.69, 9.17) is 21.6 Å². The number of nitriles is 1. The molecule has 0 aliphatic carbocycles. The number of likely N-dealkylation sites (tertiary alicyclic amines) is 1. The Morgan fingerprint density at radius 1 is 1.33 bits per heavy atom. The van der Waals surface area contributed by atoms with Crippen LogP contribution in [0.4, 0.5) is 4.79 Å². The van der Waals surface area contributed by atoms with Crippen molar-refractivity contribution < 1.29 is 19.1 Å². The maximum absolute atomic E-state index is 12.6. The number of aromatic amines is 1. The molecule has 1 aromatic carbocycles. The number of nitrogens with one attached hydrogen (secondary N) is 2. The molecule has 2 N–H and O–H groups in total. The third-order valence-corrected chi connectivity index (χ3v) is 6.60. The lowest BCUT2D eigenvalue weighted by molar-refractivity contribution is -0.138. The molecule has 200 valence electrons. The molecule has 3 aromatic heterocycles. The van der Waals surface area contributed by atoms with E-state index in [1.165, 1.54) is 22.2 Å². The second-order valence-electron chi connectivity index (χ2n) is 9.39. The van der Waals surface area contributed by atoms with Crippen LogP contribution in [-0.2, 0) is 16.1 Å². The smallest absolute Gasteiger partial charge is 0.406 e. The third-order valence-electron chi connectivity index (χ3n) is 6.37. The van der Waals surface area contributed by atoms with Gasteiger partial charge in [-0.3, -0.25) is 14.3 Å². The molecule has 0 bridgehead atoms. The molecular formula is C25H24ClN9O4. The van der Waals surface area contributed by atoms with Gasteiger partial charge in [0.2, 0.25) is 11.8 Å². The minimum absolute atomic E-state index is 0.00367. The summed E-state index contributed by atoms with van der Waals surface area (Å²) in [5.41, 5.74) is 2.18. The molecule has 1 saturated heterocycles. The van der Waals surface area contributed by atoms with Gasteiger partial charge in [0.15, 0.2) is 16.9 Å². The van der Waals surface area contributed by atoms with Gasteiger partial charge in [-0.15, -0.1) is 0 Å². The molecule has 1 aliphatic rings. The molecule has 5 rings (SSSR count). The first kappa shape index (κ1) is 25.9. The summed E-state index contributed by atoms with van der Waals surface area (Å²) in [6.07, 6.45) is 2.13. The second kappa shape index (κ2) is 10.2. The van der Waals surface area contributed by atoms with Crippen molar-refractivity contribution in [3.05, 3.63) is 35.6 Å². The fraction of sp³-hybridized carbons (Fsp3) is 0.320. The lowest BCUT2D eigenvalue weighted by Gasteiger charge is -2.36. The van der Waals surface area contributed by atoms with Crippen LogP contribution in [0.2, 0.25) is 5.02 Å². The van der Waals surface area contributed by atoms with E-state index in [1.54, 1.807) is 43.9 Å². The Bertz CT molecular complexity index is 1650. The number of carbonyl (C=O) groups excluding carboxylic acids is 3. The first-order valence-corrected chi connectivity index (χ1v) is 12.4. The first-order chi connectivity index (χ1) is 18.6. The van der Waals surface area contributed by atoms with Crippen LogP contribution in [0.5, 0.6) is 5.75 Å². The van der Waals surface area contributed by atoms with E-state index in [-0.39, 0.29) is 35.5 Å². The number of fused-ring (bicyclic) bond motifs is 2. The van der Waals surface area contributed by atoms with Crippen molar-refractivity contribution in [2.45, 2.75) is 19.5 Å². The Balaban J connectivity index is 1.39. The van der Waals surface area contributed by atoms with Crippen LogP contribution in [0.3, 0.4) is 0 Å². The largest absolute Gasteiger partial charge is 0.413 e. The quantitative estimate of drug-likeness (QED) is 0.369. The van der Waals surface area contributed by atoms with E-state index < -0.39 is 12.1 Å². The lowest BCUT2D eigenvalue weighted by atomic mass is 10.0. The van der Waals surface area contributed by atoms with Gasteiger partial charge in [0.05, 0.1) is 23.7 Å². The van der Waals surface area contributed by atoms with Gasteiger partial charge in [0, 0.05) is 43.8 Å². The molecule has 0 radical (unpaired) electrons. The normalized spacial score (nSPS) is 14.1. The van der Waals surface area contributed by atoms with E-state index in [1.807, 2.05) is 0 Å². The average molecular weight is 550 g/mol. The number of ether oxygens (including phenoxy) is 1. The van der Waals surface area contributed by atoms with Crippen molar-refractivity contribution in [2.24, 2.45) is 5.92 Å². The number of hydrogen-bond donors (Lipinski definition) is 2. The van der Waals surface area contributed by atoms with Gasteiger partial charge in [-0.2, -0.15) is 10.4 Å². The summed E-state index contributed by atoms with van der Waals surface area (Å²) in [5, 5.41) is 17.2. The maximum atomic E-state index is 12.6. The SMILES string of the molecule is C[C@@H](NC(=O)Oc1c[nH]c2ncc(-c3nn(CC(=O)N(C)C)c4cc(Cl)ccc34)nc12)C(=O)N1CC(C#N)C1. The van der Waals surface area contributed by atoms with Crippen molar-refractivity contribution in [2.75, 3.05) is 27.2 Å². The summed E-state index contributed by atoms with van der Waals surface area (Å²) in [6.45, 7) is 2.24. The van der Waals surface area contributed by atoms with E-state index in [2.05, 4.69) is 31.4 Å². The summed E-state index contributed by atoms with van der Waals surface area (Å²) in [4.78, 5) is 52.3. The minimum Gasteiger partial charge on any atom is -0.406 e. The highest BCUT2D eigenvalue weighted by molar-refractivity contribution is 6.31. The molecule has 39 heavy (non-hydrogen) atoms. The van der Waals surface area contributed by atoms with Gasteiger partial charge in [-0.05, 0) is 25.1 Å². The molecule has 1 atom stereocenters. The highest BCUT2D eigenvalue weighted by atomic mass is 35.5. The molecule has 1 fully saturated rings. The van der Waals surface area contributed by atoms with Crippen LogP contribution in [0.1, 0.15) is 6.92 Å². The lowest BCUT2D eigenvalue weighted by Crippen LogP contribution is -2.56. The molecule has 1 aliphatic heterocycles. The van der Waals surface area contributed by atoms with E-state index in [0.717, 1.165) is 0 Å². The van der Waals surface area contributed by atoms with Crippen LogP contribution in [0.15, 0.2) is 30.6 Å². The number of aromatic nitrogens is 5. The van der Waals surface area contributed by atoms with Gasteiger partial charge in [0.25, 0.3) is 0 Å². The Morgan fingerprint density at radius 2 is 2.10 bits per heavy atom. The number of rotatable bonds is 6. The van der Waals surface area contributed by atoms with Crippen LogP contribution in [-0.4, -0.2) is 85.7 Å². The van der Waals surface area contributed by atoms with Gasteiger partial charge in [0.1, 0.15) is 24.0 Å². The first-order valence-electron chi connectivity index (χ1n) is 12.0. The second-order valence-corrected chi connectivity index (χ2v) is 9.82. The fourth-order valence-corrected chi connectivity index (χ4v) is 4.34. The van der Waals surface area contributed by atoms with Crippen LogP contribution in [0, 0.1) is 17.2 Å². The van der Waals surface area contributed by atoms with Crippen molar-refractivity contribution in [3.8, 4) is 23.2 Å². The number of likely N-dealkylation sites (N-methyl/N-ethyl adjacent to an activating group) is 1. The van der Waals surface area contributed by atoms with Gasteiger partial charge in [-0.1, -0.05) is 11.6 Å². The zero-order chi connectivity index (χ0) is 27.8. The summed E-state index contributed by atoms with van der Waals surface area (Å²) in [6, 6.07) is 6.50. The number of nitrogens with zero attached hydrogens (tertiary/aromatic N) is 7. The molecule has 14 heteroatoms. The van der Waals surface area contributed by atoms with Crippen molar-refractivity contribution in [1.29, 1.82) is 5.26 Å². The molecule has 0 saturated carbocycles. The van der Waals surface area contributed by atoms with E-state index >= 15 is 0 Å². The third kappa shape index (κ3) is 5.06. The molecule has 0 spiro atoms. The standard InChI is InChI=1S/C25H24ClN9O4/c1-13(24(37)34-10-14(7-27)11-34)30-25(38)39-19-9-29-23-22(19)31-17(8-28-23)21-16-5-4-15(26)6-18(16)35(32-21)12-20(36)33(2)3/h4-6,8-9,13-14H,10-12H2,1-3H3,(H,28,29)(H,30,38)/t13-/m1/s1. The van der Waals surface area contributed by atoms with Crippen molar-refractivity contribution in [3.63, 3.8) is 0 Å². The maximum Gasteiger partial charge on any atom is 0.413 e. The Morgan fingerprint density at radius 3 is 2.82 bits per heavy atom. The summed E-state index contributed by atoms with van der Waals surface area (Å²) in [5.74, 6) is -0.512. The van der Waals surface area contributed by atoms with Gasteiger partial charge >= 0.3 is 6.09 Å². The fourth-order valence-electron chi connectivity index (χ4n) is 4.17. The minimum atomic E-state index is -0.840. The number of amides is 3. The number of carbonyl (C=O) groups is 3. The molecule has 0 unspecified atom stereocenters. The highest BCUT2D eigenvalue weighted by Crippen LogP contribution is 2.31. The Labute approximate surface area is 227 Å². The van der Waals surface area contributed by atoms with E-state index in [9.17, 15) is 14.4 Å². The highest BCUT2D eigenvalue weighted by Gasteiger charge is 2.33. The Kier molecular flexibility index (Phi) is 6.80. The van der Waals surface area contributed by atoms with E-state index in [0.29, 0.717) is 46.1 Å². The molecule has 4 heterocycles. The van der Waals surface area contributed by atoms with Crippen LogP contribution in [0.25, 0.3) is 33.5 Å². The van der Waals surface area contributed by atoms with Crippen molar-refractivity contribution in [1.82, 2.24) is 39.8 Å². The molecule has 3 amide bonds. The summed E-state index contributed by atoms with van der Waals surface area (Å²) in [7, 11) is 3.33. The number of H-pyrrole nitrogens is 1. The zero-order valence-electron chi connectivity index (χ0n) is 21.3. The molecule has 4 aromatic rings. The summed E-state index contributed by atoms with van der Waals surface area (Å²) >= 11 is 6.22. The van der Waals surface area contributed by atoms with Gasteiger partial charge < -0.3 is 24.8 Å². The predicted octanol–water partition coefficient (Wildman–Crippen LogP) is 2.18. The summed E-state index contributed by atoms with van der Waals surface area (Å²) < 4.78 is 7.00.